The highest BCUT2D eigenvalue weighted by Gasteiger charge is 2.22. The number of methoxy groups -OCH3 is 1. The third-order valence-corrected chi connectivity index (χ3v) is 4.81. The molecule has 1 aromatic rings. The Morgan fingerprint density at radius 3 is 2.23 bits per heavy atom. The van der Waals surface area contributed by atoms with Crippen LogP contribution in [0, 0.1) is 0 Å². The van der Waals surface area contributed by atoms with Crippen LogP contribution in [0.2, 0.25) is 0 Å². The van der Waals surface area contributed by atoms with Crippen LogP contribution in [0.4, 0.5) is 0 Å². The van der Waals surface area contributed by atoms with E-state index >= 15 is 0 Å². The zero-order chi connectivity index (χ0) is 16.0. The number of benzene rings is 1. The van der Waals surface area contributed by atoms with Gasteiger partial charge < -0.3 is 4.74 Å². The Balaban J connectivity index is 2.18. The first-order valence-corrected chi connectivity index (χ1v) is 9.71. The van der Waals surface area contributed by atoms with Crippen LogP contribution in [-0.4, -0.2) is 46.3 Å². The summed E-state index contributed by atoms with van der Waals surface area (Å²) in [6.07, 6.45) is 6.06. The van der Waals surface area contributed by atoms with E-state index < -0.39 is 10.0 Å². The number of likely N-dealkylation sites (tertiary alicyclic amines) is 1. The minimum absolute atomic E-state index is 0.0683. The van der Waals surface area contributed by atoms with Crippen LogP contribution in [0.3, 0.4) is 0 Å². The second-order valence-electron chi connectivity index (χ2n) is 5.86. The van der Waals surface area contributed by atoms with Gasteiger partial charge >= 0.3 is 0 Å². The summed E-state index contributed by atoms with van der Waals surface area (Å²) in [7, 11) is -1.54. The fraction of sp³-hybridized carbons (Fsp3) is 0.625. The van der Waals surface area contributed by atoms with E-state index in [9.17, 15) is 8.42 Å². The first-order valence-electron chi connectivity index (χ1n) is 7.82. The molecule has 22 heavy (non-hydrogen) atoms. The van der Waals surface area contributed by atoms with Crippen LogP contribution >= 0.6 is 0 Å². The van der Waals surface area contributed by atoms with Crippen LogP contribution < -0.4 is 9.46 Å². The molecule has 5 nitrogen and oxygen atoms in total. The second kappa shape index (κ2) is 7.94. The van der Waals surface area contributed by atoms with E-state index in [4.69, 9.17) is 4.74 Å². The lowest BCUT2D eigenvalue weighted by Gasteiger charge is -2.31. The fourth-order valence-electron chi connectivity index (χ4n) is 2.92. The summed E-state index contributed by atoms with van der Waals surface area (Å²) in [5, 5.41) is 0. The average molecular weight is 326 g/mol. The molecule has 0 radical (unpaired) electrons. The molecule has 1 unspecified atom stereocenters. The molecule has 1 N–H and O–H groups in total. The van der Waals surface area contributed by atoms with Crippen molar-refractivity contribution in [2.45, 2.75) is 31.7 Å². The monoisotopic (exact) mass is 326 g/mol. The molecule has 0 saturated carbocycles. The molecule has 1 aromatic carbocycles. The van der Waals surface area contributed by atoms with Gasteiger partial charge in [0.15, 0.2) is 0 Å². The highest BCUT2D eigenvalue weighted by Crippen LogP contribution is 2.25. The summed E-state index contributed by atoms with van der Waals surface area (Å²) in [5.74, 6) is 0.814. The number of nitrogens with zero attached hydrogens (tertiary/aromatic N) is 1. The number of hydrogen-bond donors (Lipinski definition) is 1. The van der Waals surface area contributed by atoms with E-state index in [1.807, 2.05) is 24.3 Å². The van der Waals surface area contributed by atoms with Crippen molar-refractivity contribution in [3.63, 3.8) is 0 Å². The topological polar surface area (TPSA) is 58.6 Å². The van der Waals surface area contributed by atoms with Gasteiger partial charge in [0.2, 0.25) is 10.0 Å². The smallest absolute Gasteiger partial charge is 0.208 e. The lowest BCUT2D eigenvalue weighted by atomic mass is 10.0. The van der Waals surface area contributed by atoms with Crippen LogP contribution in [0.25, 0.3) is 0 Å². The van der Waals surface area contributed by atoms with Crippen molar-refractivity contribution in [3.05, 3.63) is 29.8 Å². The Hall–Kier alpha value is -1.11. The summed E-state index contributed by atoms with van der Waals surface area (Å²) in [5.41, 5.74) is 1.12. The van der Waals surface area contributed by atoms with Gasteiger partial charge in [-0.05, 0) is 43.6 Å². The van der Waals surface area contributed by atoms with Gasteiger partial charge in [0.1, 0.15) is 5.75 Å². The fourth-order valence-corrected chi connectivity index (χ4v) is 3.38. The van der Waals surface area contributed by atoms with Crippen molar-refractivity contribution in [1.82, 2.24) is 9.62 Å². The van der Waals surface area contributed by atoms with E-state index in [-0.39, 0.29) is 6.04 Å². The van der Waals surface area contributed by atoms with Crippen molar-refractivity contribution < 1.29 is 13.2 Å². The highest BCUT2D eigenvalue weighted by atomic mass is 32.2. The molecule has 124 valence electrons. The van der Waals surface area contributed by atoms with Crippen LogP contribution in [0.15, 0.2) is 24.3 Å². The zero-order valence-corrected chi connectivity index (χ0v) is 14.2. The highest BCUT2D eigenvalue weighted by molar-refractivity contribution is 7.88. The molecule has 0 aliphatic carbocycles. The Morgan fingerprint density at radius 2 is 1.73 bits per heavy atom. The van der Waals surface area contributed by atoms with Gasteiger partial charge in [0.05, 0.1) is 13.4 Å². The summed E-state index contributed by atoms with van der Waals surface area (Å²) >= 11 is 0. The number of ether oxygens (including phenoxy) is 1. The van der Waals surface area contributed by atoms with E-state index in [1.54, 1.807) is 7.11 Å². The number of hydrogen-bond acceptors (Lipinski definition) is 4. The Bertz CT molecular complexity index is 549. The van der Waals surface area contributed by atoms with Gasteiger partial charge in [-0.1, -0.05) is 25.0 Å². The number of sulfonamides is 1. The standard InChI is InChI=1S/C16H26N2O3S/c1-21-15-9-7-14(8-10-15)16(13-17-22(2,19)20)18-11-5-3-4-6-12-18/h7-10,16-17H,3-6,11-13H2,1-2H3. The zero-order valence-electron chi connectivity index (χ0n) is 13.4. The van der Waals surface area contributed by atoms with Crippen LogP contribution in [0.1, 0.15) is 37.3 Å². The lowest BCUT2D eigenvalue weighted by molar-refractivity contribution is 0.206. The van der Waals surface area contributed by atoms with E-state index in [0.29, 0.717) is 6.54 Å². The minimum Gasteiger partial charge on any atom is -0.497 e. The third kappa shape index (κ3) is 5.26. The Kier molecular flexibility index (Phi) is 6.23. The molecule has 1 saturated heterocycles. The minimum atomic E-state index is -3.19. The largest absolute Gasteiger partial charge is 0.497 e. The maximum absolute atomic E-state index is 11.5. The van der Waals surface area contributed by atoms with Crippen molar-refractivity contribution in [2.24, 2.45) is 0 Å². The van der Waals surface area contributed by atoms with Gasteiger partial charge in [0.25, 0.3) is 0 Å². The van der Waals surface area contributed by atoms with Gasteiger partial charge in [0, 0.05) is 12.6 Å². The molecule has 1 aliphatic heterocycles. The second-order valence-corrected chi connectivity index (χ2v) is 7.69. The lowest BCUT2D eigenvalue weighted by Crippen LogP contribution is -2.38. The van der Waals surface area contributed by atoms with Gasteiger partial charge in [-0.15, -0.1) is 0 Å². The molecule has 1 heterocycles. The van der Waals surface area contributed by atoms with Crippen molar-refractivity contribution >= 4 is 10.0 Å². The van der Waals surface area contributed by atoms with Crippen molar-refractivity contribution in [3.8, 4) is 5.75 Å². The third-order valence-electron chi connectivity index (χ3n) is 4.12. The molecule has 1 fully saturated rings. The van der Waals surface area contributed by atoms with Gasteiger partial charge in [-0.2, -0.15) is 0 Å². The average Bonchev–Trinajstić information content (AvgIpc) is 2.76. The van der Waals surface area contributed by atoms with E-state index in [2.05, 4.69) is 9.62 Å². The van der Waals surface area contributed by atoms with Gasteiger partial charge in [-0.25, -0.2) is 13.1 Å². The summed E-state index contributed by atoms with van der Waals surface area (Å²) in [6.45, 7) is 2.44. The predicted octanol–water partition coefficient (Wildman–Crippen LogP) is 2.16. The molecule has 0 spiro atoms. The molecule has 2 rings (SSSR count). The molecule has 1 aliphatic rings. The quantitative estimate of drug-likeness (QED) is 0.870. The van der Waals surface area contributed by atoms with Crippen LogP contribution in [-0.2, 0) is 10.0 Å². The van der Waals surface area contributed by atoms with Gasteiger partial charge in [-0.3, -0.25) is 4.90 Å². The Morgan fingerprint density at radius 1 is 1.14 bits per heavy atom. The van der Waals surface area contributed by atoms with Crippen LogP contribution in [0.5, 0.6) is 5.75 Å². The molecular weight excluding hydrogens is 300 g/mol. The summed E-state index contributed by atoms with van der Waals surface area (Å²) in [4.78, 5) is 2.40. The first-order chi connectivity index (χ1) is 10.5. The molecule has 0 aromatic heterocycles. The molecule has 6 heteroatoms. The van der Waals surface area contributed by atoms with Crippen molar-refractivity contribution in [1.29, 1.82) is 0 Å². The normalized spacial score (nSPS) is 18.6. The Labute approximate surface area is 133 Å². The maximum Gasteiger partial charge on any atom is 0.208 e. The first kappa shape index (κ1) is 17.2. The number of rotatable bonds is 6. The number of nitrogens with one attached hydrogen (secondary N) is 1. The van der Waals surface area contributed by atoms with Crippen molar-refractivity contribution in [2.75, 3.05) is 33.0 Å². The summed E-state index contributed by atoms with van der Waals surface area (Å²) < 4.78 is 30.8. The van der Waals surface area contributed by atoms with E-state index in [0.717, 1.165) is 24.4 Å². The molecule has 1 atom stereocenters. The molecule has 0 amide bonds. The predicted molar refractivity (Wildman–Crippen MR) is 88.6 cm³/mol. The van der Waals surface area contributed by atoms with E-state index in [1.165, 1.54) is 31.9 Å². The molecule has 0 bridgehead atoms. The summed E-state index contributed by atoms with van der Waals surface area (Å²) in [6, 6.07) is 7.98. The maximum atomic E-state index is 11.5. The SMILES string of the molecule is COc1ccc(C(CNS(C)(=O)=O)N2CCCCCC2)cc1. The molecular formula is C16H26N2O3S.